The number of benzene rings is 1. The van der Waals surface area contributed by atoms with Crippen molar-refractivity contribution < 1.29 is 0 Å². The highest BCUT2D eigenvalue weighted by molar-refractivity contribution is 7.16. The van der Waals surface area contributed by atoms with Crippen molar-refractivity contribution >= 4 is 43.9 Å². The monoisotopic (exact) mass is 297 g/mol. The predicted molar refractivity (Wildman–Crippen MR) is 83.2 cm³/mol. The van der Waals surface area contributed by atoms with Crippen LogP contribution in [0.1, 0.15) is 0 Å². The SMILES string of the molecule is Clc1nc(-c2nccc3ccccc23)nc2sccc12. The van der Waals surface area contributed by atoms with Gasteiger partial charge in [-0.05, 0) is 22.9 Å². The van der Waals surface area contributed by atoms with Crippen molar-refractivity contribution in [2.45, 2.75) is 0 Å². The maximum Gasteiger partial charge on any atom is 0.181 e. The third-order valence-corrected chi connectivity index (χ3v) is 4.26. The van der Waals surface area contributed by atoms with Crippen LogP contribution >= 0.6 is 22.9 Å². The average molecular weight is 298 g/mol. The predicted octanol–water partition coefficient (Wildman–Crippen LogP) is 4.56. The number of pyridine rings is 1. The first-order valence-electron chi connectivity index (χ1n) is 6.08. The van der Waals surface area contributed by atoms with Crippen LogP contribution in [0.25, 0.3) is 32.5 Å². The van der Waals surface area contributed by atoms with Crippen molar-refractivity contribution in [2.24, 2.45) is 0 Å². The zero-order valence-corrected chi connectivity index (χ0v) is 11.8. The van der Waals surface area contributed by atoms with E-state index in [2.05, 4.69) is 15.0 Å². The van der Waals surface area contributed by atoms with Crippen molar-refractivity contribution in [1.82, 2.24) is 15.0 Å². The third kappa shape index (κ3) is 1.77. The van der Waals surface area contributed by atoms with Crippen LogP contribution in [0, 0.1) is 0 Å². The molecule has 1 aromatic carbocycles. The summed E-state index contributed by atoms with van der Waals surface area (Å²) in [6, 6.07) is 12.0. The molecule has 0 atom stereocenters. The Bertz CT molecular complexity index is 927. The van der Waals surface area contributed by atoms with Gasteiger partial charge in [0.2, 0.25) is 0 Å². The van der Waals surface area contributed by atoms with E-state index >= 15 is 0 Å². The molecule has 0 aliphatic rings. The molecule has 0 bridgehead atoms. The van der Waals surface area contributed by atoms with E-state index < -0.39 is 0 Å². The summed E-state index contributed by atoms with van der Waals surface area (Å²) >= 11 is 7.78. The maximum atomic E-state index is 6.23. The van der Waals surface area contributed by atoms with E-state index in [0.29, 0.717) is 11.0 Å². The summed E-state index contributed by atoms with van der Waals surface area (Å²) < 4.78 is 0. The van der Waals surface area contributed by atoms with Crippen LogP contribution in [0.4, 0.5) is 0 Å². The second-order valence-corrected chi connectivity index (χ2v) is 5.61. The van der Waals surface area contributed by atoms with Gasteiger partial charge in [0.15, 0.2) is 5.82 Å². The van der Waals surface area contributed by atoms with E-state index in [-0.39, 0.29) is 0 Å². The highest BCUT2D eigenvalue weighted by Crippen LogP contribution is 2.30. The zero-order chi connectivity index (χ0) is 13.5. The second kappa shape index (κ2) is 4.51. The van der Waals surface area contributed by atoms with Crippen LogP contribution in [0.5, 0.6) is 0 Å². The minimum atomic E-state index is 0.473. The Labute approximate surface area is 123 Å². The lowest BCUT2D eigenvalue weighted by Crippen LogP contribution is -1.93. The lowest BCUT2D eigenvalue weighted by molar-refractivity contribution is 1.20. The van der Waals surface area contributed by atoms with E-state index in [9.17, 15) is 0 Å². The van der Waals surface area contributed by atoms with Crippen LogP contribution in [-0.4, -0.2) is 15.0 Å². The Hall–Kier alpha value is -2.04. The fourth-order valence-electron chi connectivity index (χ4n) is 2.22. The number of thiophene rings is 1. The second-order valence-electron chi connectivity index (χ2n) is 4.36. The van der Waals surface area contributed by atoms with Gasteiger partial charge in [0.05, 0.1) is 0 Å². The Balaban J connectivity index is 2.06. The summed E-state index contributed by atoms with van der Waals surface area (Å²) in [5, 5.41) is 5.47. The molecule has 3 aromatic heterocycles. The van der Waals surface area contributed by atoms with Crippen LogP contribution < -0.4 is 0 Å². The van der Waals surface area contributed by atoms with Gasteiger partial charge in [-0.1, -0.05) is 35.9 Å². The lowest BCUT2D eigenvalue weighted by atomic mass is 10.1. The molecule has 5 heteroatoms. The summed E-state index contributed by atoms with van der Waals surface area (Å²) in [5.41, 5.74) is 0.764. The van der Waals surface area contributed by atoms with E-state index in [0.717, 1.165) is 26.7 Å². The van der Waals surface area contributed by atoms with Crippen LogP contribution in [-0.2, 0) is 0 Å². The van der Waals surface area contributed by atoms with Gasteiger partial charge in [0, 0.05) is 17.0 Å². The first kappa shape index (κ1) is 11.8. The fraction of sp³-hybridized carbons (Fsp3) is 0. The van der Waals surface area contributed by atoms with Crippen molar-refractivity contribution in [3.8, 4) is 11.5 Å². The molecule has 3 nitrogen and oxygen atoms in total. The molecule has 3 heterocycles. The molecular formula is C15H8ClN3S. The van der Waals surface area contributed by atoms with Crippen LogP contribution in [0.15, 0.2) is 48.0 Å². The molecule has 0 amide bonds. The lowest BCUT2D eigenvalue weighted by Gasteiger charge is -2.05. The topological polar surface area (TPSA) is 38.7 Å². The Morgan fingerprint density at radius 3 is 2.80 bits per heavy atom. The normalized spacial score (nSPS) is 11.2. The van der Waals surface area contributed by atoms with Gasteiger partial charge in [-0.15, -0.1) is 11.3 Å². The number of hydrogen-bond acceptors (Lipinski definition) is 4. The number of rotatable bonds is 1. The van der Waals surface area contributed by atoms with Gasteiger partial charge < -0.3 is 0 Å². The summed E-state index contributed by atoms with van der Waals surface area (Å²) in [6.07, 6.45) is 1.77. The largest absolute Gasteiger partial charge is 0.252 e. The Morgan fingerprint density at radius 2 is 1.85 bits per heavy atom. The molecule has 4 aromatic rings. The maximum absolute atomic E-state index is 6.23. The van der Waals surface area contributed by atoms with Gasteiger partial charge in [-0.3, -0.25) is 4.98 Å². The molecular weight excluding hydrogens is 290 g/mol. The van der Waals surface area contributed by atoms with Crippen molar-refractivity contribution in [3.05, 3.63) is 53.1 Å². The molecule has 0 radical (unpaired) electrons. The molecule has 0 saturated carbocycles. The van der Waals surface area contributed by atoms with E-state index in [1.54, 1.807) is 17.5 Å². The quantitative estimate of drug-likeness (QED) is 0.483. The first-order chi connectivity index (χ1) is 9.83. The third-order valence-electron chi connectivity index (χ3n) is 3.16. The fourth-order valence-corrected chi connectivity index (χ4v) is 3.28. The van der Waals surface area contributed by atoms with Gasteiger partial charge in [0.1, 0.15) is 15.7 Å². The van der Waals surface area contributed by atoms with Gasteiger partial charge >= 0.3 is 0 Å². The minimum Gasteiger partial charge on any atom is -0.252 e. The molecule has 0 spiro atoms. The molecule has 0 N–H and O–H groups in total. The molecule has 0 aliphatic carbocycles. The summed E-state index contributed by atoms with van der Waals surface area (Å²) in [6.45, 7) is 0. The summed E-state index contributed by atoms with van der Waals surface area (Å²) in [4.78, 5) is 14.3. The molecule has 20 heavy (non-hydrogen) atoms. The van der Waals surface area contributed by atoms with Gasteiger partial charge in [0.25, 0.3) is 0 Å². The molecule has 96 valence electrons. The highest BCUT2D eigenvalue weighted by atomic mass is 35.5. The van der Waals surface area contributed by atoms with Gasteiger partial charge in [-0.2, -0.15) is 0 Å². The number of halogens is 1. The zero-order valence-electron chi connectivity index (χ0n) is 10.2. The minimum absolute atomic E-state index is 0.473. The number of hydrogen-bond donors (Lipinski definition) is 0. The van der Waals surface area contributed by atoms with Crippen LogP contribution in [0.3, 0.4) is 0 Å². The van der Waals surface area contributed by atoms with Crippen LogP contribution in [0.2, 0.25) is 5.15 Å². The summed E-state index contributed by atoms with van der Waals surface area (Å²) in [7, 11) is 0. The molecule has 0 unspecified atom stereocenters. The van der Waals surface area contributed by atoms with Gasteiger partial charge in [-0.25, -0.2) is 9.97 Å². The standard InChI is InChI=1S/C15H8ClN3S/c16-13-11-6-8-20-15(11)19-14(18-13)12-10-4-2-1-3-9(10)5-7-17-12/h1-8H. The summed E-state index contributed by atoms with van der Waals surface area (Å²) in [5.74, 6) is 0.571. The number of aromatic nitrogens is 3. The number of fused-ring (bicyclic) bond motifs is 2. The van der Waals surface area contributed by atoms with E-state index in [1.165, 1.54) is 0 Å². The molecule has 0 fully saturated rings. The first-order valence-corrected chi connectivity index (χ1v) is 7.33. The molecule has 0 aliphatic heterocycles. The molecule has 0 saturated heterocycles. The number of nitrogens with zero attached hydrogens (tertiary/aromatic N) is 3. The van der Waals surface area contributed by atoms with Crippen molar-refractivity contribution in [2.75, 3.05) is 0 Å². The molecule has 4 rings (SSSR count). The Morgan fingerprint density at radius 1 is 0.950 bits per heavy atom. The van der Waals surface area contributed by atoms with E-state index in [4.69, 9.17) is 11.6 Å². The van der Waals surface area contributed by atoms with Crippen molar-refractivity contribution in [1.29, 1.82) is 0 Å². The Kier molecular flexibility index (Phi) is 2.65. The highest BCUT2D eigenvalue weighted by Gasteiger charge is 2.12. The smallest absolute Gasteiger partial charge is 0.181 e. The van der Waals surface area contributed by atoms with E-state index in [1.807, 2.05) is 41.8 Å². The average Bonchev–Trinajstić information content (AvgIpc) is 2.95. The van der Waals surface area contributed by atoms with Crippen molar-refractivity contribution in [3.63, 3.8) is 0 Å².